The number of anilines is 1. The molecule has 6 nitrogen and oxygen atoms in total. The van der Waals surface area contributed by atoms with Crippen LogP contribution in [0.3, 0.4) is 0 Å². The number of hydrazone groups is 1. The van der Waals surface area contributed by atoms with Crippen LogP contribution in [-0.2, 0) is 10.0 Å². The van der Waals surface area contributed by atoms with Crippen molar-refractivity contribution in [2.45, 2.75) is 0 Å². The second-order valence-corrected chi connectivity index (χ2v) is 8.06. The van der Waals surface area contributed by atoms with Gasteiger partial charge in [0.25, 0.3) is 5.91 Å². The second-order valence-electron chi connectivity index (χ2n) is 6.04. The monoisotopic (exact) mass is 381 g/mol. The molecule has 0 aliphatic rings. The molecule has 0 aliphatic heterocycles. The van der Waals surface area contributed by atoms with Gasteiger partial charge in [0.15, 0.2) is 0 Å². The largest absolute Gasteiger partial charge is 0.274 e. The van der Waals surface area contributed by atoms with Gasteiger partial charge in [0.2, 0.25) is 10.0 Å². The Labute approximate surface area is 158 Å². The summed E-state index contributed by atoms with van der Waals surface area (Å²) in [5.41, 5.74) is 4.26. The van der Waals surface area contributed by atoms with E-state index in [1.165, 1.54) is 7.05 Å². The van der Waals surface area contributed by atoms with E-state index in [0.29, 0.717) is 11.3 Å². The molecule has 0 saturated carbocycles. The second kappa shape index (κ2) is 7.59. The number of carbonyl (C=O) groups excluding carboxylic acids is 1. The Balaban J connectivity index is 1.71. The molecule has 1 amide bonds. The van der Waals surface area contributed by atoms with Crippen LogP contribution in [0.15, 0.2) is 71.8 Å². The molecule has 27 heavy (non-hydrogen) atoms. The van der Waals surface area contributed by atoms with E-state index in [2.05, 4.69) is 10.5 Å². The van der Waals surface area contributed by atoms with Crippen LogP contribution in [0.2, 0.25) is 0 Å². The zero-order valence-electron chi connectivity index (χ0n) is 15.0. The highest BCUT2D eigenvalue weighted by Crippen LogP contribution is 2.17. The van der Waals surface area contributed by atoms with Gasteiger partial charge < -0.3 is 0 Å². The maximum atomic E-state index is 12.2. The summed E-state index contributed by atoms with van der Waals surface area (Å²) >= 11 is 0. The Morgan fingerprint density at radius 2 is 1.67 bits per heavy atom. The molecule has 0 bridgehead atoms. The maximum Gasteiger partial charge on any atom is 0.271 e. The molecule has 0 saturated heterocycles. The zero-order valence-corrected chi connectivity index (χ0v) is 15.8. The number of fused-ring (bicyclic) bond motifs is 1. The molecule has 1 N–H and O–H groups in total. The van der Waals surface area contributed by atoms with Gasteiger partial charge in [0.1, 0.15) is 0 Å². The van der Waals surface area contributed by atoms with E-state index in [0.717, 1.165) is 26.9 Å². The molecule has 0 heterocycles. The lowest BCUT2D eigenvalue weighted by atomic mass is 10.1. The Kier molecular flexibility index (Phi) is 5.23. The summed E-state index contributed by atoms with van der Waals surface area (Å²) in [5.74, 6) is -0.375. The highest BCUT2D eigenvalue weighted by Gasteiger charge is 2.12. The van der Waals surface area contributed by atoms with Gasteiger partial charge in [-0.1, -0.05) is 42.5 Å². The SMILES string of the molecule is CN(c1ccc(C(=O)N/N=C\c2cccc3ccccc23)cc1)S(C)(=O)=O. The summed E-state index contributed by atoms with van der Waals surface area (Å²) in [6.07, 6.45) is 2.72. The number of hydrogen-bond donors (Lipinski definition) is 1. The lowest BCUT2D eigenvalue weighted by molar-refractivity contribution is 0.0955. The summed E-state index contributed by atoms with van der Waals surface area (Å²) < 4.78 is 24.2. The maximum absolute atomic E-state index is 12.2. The molecular weight excluding hydrogens is 362 g/mol. The molecule has 0 aromatic heterocycles. The average Bonchev–Trinajstić information content (AvgIpc) is 2.67. The minimum Gasteiger partial charge on any atom is -0.274 e. The predicted octanol–water partition coefficient (Wildman–Crippen LogP) is 3.00. The molecule has 3 aromatic carbocycles. The highest BCUT2D eigenvalue weighted by molar-refractivity contribution is 7.92. The van der Waals surface area contributed by atoms with E-state index in [9.17, 15) is 13.2 Å². The summed E-state index contributed by atoms with van der Waals surface area (Å²) in [6, 6.07) is 20.1. The quantitative estimate of drug-likeness (QED) is 0.545. The standard InChI is InChI=1S/C20H19N3O3S/c1-23(27(2,25)26)18-12-10-16(11-13-18)20(24)22-21-14-17-8-5-7-15-6-3-4-9-19(15)17/h3-14H,1-2H3,(H,22,24)/b21-14-. The minimum atomic E-state index is -3.34. The van der Waals surface area contributed by atoms with Crippen molar-refractivity contribution >= 4 is 38.6 Å². The van der Waals surface area contributed by atoms with Crippen molar-refractivity contribution in [3.8, 4) is 0 Å². The van der Waals surface area contributed by atoms with Crippen LogP contribution in [0.25, 0.3) is 10.8 Å². The molecule has 0 aliphatic carbocycles. The number of benzene rings is 3. The van der Waals surface area contributed by atoms with Gasteiger partial charge in [0.05, 0.1) is 18.2 Å². The molecule has 3 aromatic rings. The zero-order chi connectivity index (χ0) is 19.4. The fourth-order valence-electron chi connectivity index (χ4n) is 2.60. The van der Waals surface area contributed by atoms with Crippen LogP contribution in [0.5, 0.6) is 0 Å². The molecule has 138 valence electrons. The van der Waals surface area contributed by atoms with Gasteiger partial charge >= 0.3 is 0 Å². The molecule has 0 spiro atoms. The fraction of sp³-hybridized carbons (Fsp3) is 0.100. The number of nitrogens with zero attached hydrogens (tertiary/aromatic N) is 2. The van der Waals surface area contributed by atoms with Crippen molar-refractivity contribution in [2.24, 2.45) is 5.10 Å². The summed E-state index contributed by atoms with van der Waals surface area (Å²) in [5, 5.41) is 6.18. The number of rotatable bonds is 5. The number of hydrogen-bond acceptors (Lipinski definition) is 4. The Morgan fingerprint density at radius 3 is 2.37 bits per heavy atom. The van der Waals surface area contributed by atoms with E-state index in [4.69, 9.17) is 0 Å². The Bertz CT molecular complexity index is 1100. The van der Waals surface area contributed by atoms with Crippen molar-refractivity contribution < 1.29 is 13.2 Å². The third-order valence-electron chi connectivity index (χ3n) is 4.18. The van der Waals surface area contributed by atoms with E-state index >= 15 is 0 Å². The van der Waals surface area contributed by atoms with Crippen molar-refractivity contribution in [1.29, 1.82) is 0 Å². The number of sulfonamides is 1. The fourth-order valence-corrected chi connectivity index (χ4v) is 3.11. The van der Waals surface area contributed by atoms with E-state index in [1.807, 2.05) is 42.5 Å². The first-order valence-electron chi connectivity index (χ1n) is 8.21. The average molecular weight is 381 g/mol. The third-order valence-corrected chi connectivity index (χ3v) is 5.39. The number of amides is 1. The lowest BCUT2D eigenvalue weighted by Gasteiger charge is -2.16. The first-order valence-corrected chi connectivity index (χ1v) is 10.1. The highest BCUT2D eigenvalue weighted by atomic mass is 32.2. The summed E-state index contributed by atoms with van der Waals surface area (Å²) in [4.78, 5) is 12.2. The first kappa shape index (κ1) is 18.6. The topological polar surface area (TPSA) is 78.8 Å². The van der Waals surface area contributed by atoms with Gasteiger partial charge in [-0.25, -0.2) is 13.8 Å². The minimum absolute atomic E-state index is 0.375. The van der Waals surface area contributed by atoms with Gasteiger partial charge in [-0.15, -0.1) is 0 Å². The van der Waals surface area contributed by atoms with Crippen molar-refractivity contribution in [1.82, 2.24) is 5.43 Å². The van der Waals surface area contributed by atoms with E-state index < -0.39 is 10.0 Å². The molecule has 7 heteroatoms. The van der Waals surface area contributed by atoms with E-state index in [-0.39, 0.29) is 5.91 Å². The number of carbonyl (C=O) groups is 1. The smallest absolute Gasteiger partial charge is 0.271 e. The van der Waals surface area contributed by atoms with Gasteiger partial charge in [-0.05, 0) is 35.0 Å². The summed E-state index contributed by atoms with van der Waals surface area (Å²) in [6.45, 7) is 0. The van der Waals surface area contributed by atoms with Crippen LogP contribution in [-0.4, -0.2) is 33.8 Å². The Morgan fingerprint density at radius 1 is 1.00 bits per heavy atom. The molecule has 0 fully saturated rings. The third kappa shape index (κ3) is 4.32. The first-order chi connectivity index (χ1) is 12.9. The van der Waals surface area contributed by atoms with Crippen LogP contribution in [0.1, 0.15) is 15.9 Å². The van der Waals surface area contributed by atoms with Gasteiger partial charge in [-0.3, -0.25) is 9.10 Å². The van der Waals surface area contributed by atoms with Gasteiger partial charge in [0, 0.05) is 18.2 Å². The molecular formula is C20H19N3O3S. The van der Waals surface area contributed by atoms with Crippen LogP contribution in [0, 0.1) is 0 Å². The molecule has 3 rings (SSSR count). The molecule has 0 unspecified atom stereocenters. The number of nitrogens with one attached hydrogen (secondary N) is 1. The van der Waals surface area contributed by atoms with Crippen molar-refractivity contribution in [3.05, 3.63) is 77.9 Å². The lowest BCUT2D eigenvalue weighted by Crippen LogP contribution is -2.25. The van der Waals surface area contributed by atoms with Crippen LogP contribution < -0.4 is 9.73 Å². The predicted molar refractivity (Wildman–Crippen MR) is 109 cm³/mol. The van der Waals surface area contributed by atoms with Crippen molar-refractivity contribution in [2.75, 3.05) is 17.6 Å². The molecule has 0 radical (unpaired) electrons. The Hall–Kier alpha value is -3.19. The van der Waals surface area contributed by atoms with Crippen LogP contribution >= 0.6 is 0 Å². The van der Waals surface area contributed by atoms with Crippen molar-refractivity contribution in [3.63, 3.8) is 0 Å². The summed E-state index contributed by atoms with van der Waals surface area (Å²) in [7, 11) is -1.89. The van der Waals surface area contributed by atoms with Crippen LogP contribution in [0.4, 0.5) is 5.69 Å². The molecule has 0 atom stereocenters. The normalized spacial score (nSPS) is 11.6. The van der Waals surface area contributed by atoms with E-state index in [1.54, 1.807) is 30.5 Å². The van der Waals surface area contributed by atoms with Gasteiger partial charge in [-0.2, -0.15) is 5.10 Å².